The van der Waals surface area contributed by atoms with Crippen LogP contribution in [-0.2, 0) is 14.4 Å². The summed E-state index contributed by atoms with van der Waals surface area (Å²) in [6.07, 6.45) is 8.62. The summed E-state index contributed by atoms with van der Waals surface area (Å²) in [6, 6.07) is 14.0. The molecule has 15 rings (SSSR count). The van der Waals surface area contributed by atoms with Crippen LogP contribution < -0.4 is 31.4 Å². The second-order valence-electron chi connectivity index (χ2n) is 35.1. The quantitative estimate of drug-likeness (QED) is 0.0487. The lowest BCUT2D eigenvalue weighted by molar-refractivity contribution is -0.131. The smallest absolute Gasteiger partial charge is 0.276 e. The van der Waals surface area contributed by atoms with Gasteiger partial charge in [0.15, 0.2) is 34.7 Å². The van der Waals surface area contributed by atoms with E-state index in [9.17, 15) is 59.9 Å². The number of phenolic OH excluding ortho intramolecular Hbond substituents is 3. The number of aryl methyl sites for hydroxylation is 3. The molecule has 3 amide bonds. The zero-order chi connectivity index (χ0) is 104. The van der Waals surface area contributed by atoms with Crippen molar-refractivity contribution < 1.29 is 42.9 Å². The van der Waals surface area contributed by atoms with Gasteiger partial charge >= 0.3 is 0 Å². The Kier molecular flexibility index (Phi) is 31.9. The number of hydrogen-bond donors (Lipinski definition) is 3. The van der Waals surface area contributed by atoms with Crippen molar-refractivity contribution >= 4 is 207 Å². The SMILES string of the molecule is C=CC(=O)N1[C@H](C)CN(c2c(C#N)c(=O)n(-c3c(C)ccnc3C(C)C)c3nc(-c4c(Cl)c(O)c(Cl)c(F)c4Cl)c(Cl)cc23)C[C@@H]1C.C=CC(=O)N1[C@H](C)CN(c2c(C#N)c(=O)n(-c3c(C)ccnc3C(C)C)c3nc(-c4c(F)c(O)c(Cl)c(Cl)c4Cl)c(Cl)cc23)C[C@@H]1C.C=CC(=O)N1[C@H](C)CN(c2c(C#N)c(=O)n(-c3c(C)ccnc3C(C)C)c3nc(-c4c(F)c(O)c(Cl)c(Cl)c4Cl)c(Cl)cc23)C[C@@H]1C. The minimum atomic E-state index is -1.22. The molecule has 3 aliphatic heterocycles. The molecule has 732 valence electrons. The Hall–Kier alpha value is -11.6. The van der Waals surface area contributed by atoms with Crippen LogP contribution in [0.1, 0.15) is 151 Å². The Morgan fingerprint density at radius 1 is 0.383 bits per heavy atom. The van der Waals surface area contributed by atoms with Gasteiger partial charge in [0.2, 0.25) is 17.7 Å². The molecule has 0 saturated carbocycles. The summed E-state index contributed by atoms with van der Waals surface area (Å²) in [6.45, 7) is 40.5. The average molecular weight is 2160 g/mol. The molecule has 9 aromatic heterocycles. The predicted molar refractivity (Wildman–Crippen MR) is 552 cm³/mol. The second-order valence-corrected chi connectivity index (χ2v) is 39.8. The highest BCUT2D eigenvalue weighted by atomic mass is 35.5. The Morgan fingerprint density at radius 3 is 0.879 bits per heavy atom. The highest BCUT2D eigenvalue weighted by molar-refractivity contribution is 6.51. The molecule has 42 heteroatoms. The maximum Gasteiger partial charge on any atom is 0.276 e. The summed E-state index contributed by atoms with van der Waals surface area (Å²) in [5.41, 5.74) is 1.45. The number of carbonyl (C=O) groups excluding carboxylic acids is 3. The molecule has 3 saturated heterocycles. The summed E-state index contributed by atoms with van der Waals surface area (Å²) in [4.78, 5) is 120. The van der Waals surface area contributed by atoms with Gasteiger partial charge in [-0.2, -0.15) is 15.8 Å². The Bertz CT molecular complexity index is 6860. The highest BCUT2D eigenvalue weighted by Gasteiger charge is 2.42. The van der Waals surface area contributed by atoms with Crippen molar-refractivity contribution in [3.8, 4) is 86.3 Å². The third kappa shape index (κ3) is 18.8. The number of aromatic hydroxyl groups is 3. The first kappa shape index (κ1) is 107. The third-order valence-electron chi connectivity index (χ3n) is 24.8. The summed E-state index contributed by atoms with van der Waals surface area (Å²) in [5.74, 6) is -7.40. The summed E-state index contributed by atoms with van der Waals surface area (Å²) in [7, 11) is 0. The molecule has 0 radical (unpaired) electrons. The number of halogens is 15. The normalized spacial score (nSPS) is 16.6. The molecular weight excluding hydrogens is 2070 g/mol. The van der Waals surface area contributed by atoms with Crippen LogP contribution in [-0.4, -0.2) is 167 Å². The van der Waals surface area contributed by atoms with Gasteiger partial charge in [-0.3, -0.25) is 57.4 Å². The van der Waals surface area contributed by atoms with Crippen LogP contribution in [0.15, 0.2) is 107 Å². The molecule has 0 aliphatic carbocycles. The van der Waals surface area contributed by atoms with E-state index < -0.39 is 87.6 Å². The number of carbonyl (C=O) groups is 3. The molecule has 3 aliphatic rings. The first-order chi connectivity index (χ1) is 66.5. The lowest BCUT2D eigenvalue weighted by Crippen LogP contribution is -2.58. The molecule has 27 nitrogen and oxygen atoms in total. The van der Waals surface area contributed by atoms with E-state index in [1.807, 2.05) is 97.8 Å². The van der Waals surface area contributed by atoms with Gasteiger partial charge in [-0.25, -0.2) is 28.1 Å². The van der Waals surface area contributed by atoms with E-state index in [1.54, 1.807) is 72.3 Å². The number of hydrogen-bond acceptors (Lipinski definition) is 21. The number of fused-ring (bicyclic) bond motifs is 3. The number of benzene rings is 3. The summed E-state index contributed by atoms with van der Waals surface area (Å²) in [5, 5.41) is 59.6. The lowest BCUT2D eigenvalue weighted by atomic mass is 10.0. The van der Waals surface area contributed by atoms with Crippen molar-refractivity contribution in [3.05, 3.63) is 252 Å². The van der Waals surface area contributed by atoms with Gasteiger partial charge in [0.25, 0.3) is 16.7 Å². The van der Waals surface area contributed by atoms with E-state index in [2.05, 4.69) is 52.9 Å². The van der Waals surface area contributed by atoms with Crippen molar-refractivity contribution in [1.82, 2.24) is 58.3 Å². The number of pyridine rings is 9. The first-order valence-corrected chi connectivity index (χ1v) is 48.2. The van der Waals surface area contributed by atoms with Crippen molar-refractivity contribution in [2.24, 2.45) is 0 Å². The van der Waals surface area contributed by atoms with Crippen LogP contribution in [0.2, 0.25) is 60.3 Å². The summed E-state index contributed by atoms with van der Waals surface area (Å²) >= 11 is 76.6. The second kappa shape index (κ2) is 42.1. The van der Waals surface area contributed by atoms with E-state index in [0.29, 0.717) is 67.0 Å². The molecule has 0 unspecified atom stereocenters. The van der Waals surface area contributed by atoms with Crippen molar-refractivity contribution in [1.29, 1.82) is 15.8 Å². The van der Waals surface area contributed by atoms with Crippen molar-refractivity contribution in [3.63, 3.8) is 0 Å². The van der Waals surface area contributed by atoms with E-state index in [-0.39, 0.29) is 219 Å². The van der Waals surface area contributed by atoms with E-state index >= 15 is 13.2 Å². The predicted octanol–water partition coefficient (Wildman–Crippen LogP) is 23.5. The van der Waals surface area contributed by atoms with Crippen LogP contribution in [0, 0.1) is 72.2 Å². The number of rotatable bonds is 15. The molecule has 6 atom stereocenters. The van der Waals surface area contributed by atoms with Crippen molar-refractivity contribution in [2.45, 2.75) is 158 Å². The van der Waals surface area contributed by atoms with Gasteiger partial charge in [-0.15, -0.1) is 0 Å². The molecule has 12 heterocycles. The largest absolute Gasteiger partial charge is 0.505 e. The number of aromatic nitrogens is 9. The molecule has 12 aromatic rings. The number of anilines is 3. The maximum absolute atomic E-state index is 15.7. The molecule has 141 heavy (non-hydrogen) atoms. The first-order valence-electron chi connectivity index (χ1n) is 43.7. The van der Waals surface area contributed by atoms with Crippen LogP contribution in [0.5, 0.6) is 17.2 Å². The fourth-order valence-corrected chi connectivity index (χ4v) is 21.7. The third-order valence-corrected chi connectivity index (χ3v) is 29.3. The standard InChI is InChI=1S/3C33H29Cl4FN6O3/c2*1-7-21(45)43-16(5)12-42(13-17(43)6)30-18-10-20(34)28(22-23(35)24(36)25(37)31(46)26(22)38)41-32(18)44(33(47)19(30)11-39)29-15(4)8-9-40-27(29)14(2)3;1-7-21(45)43-16(5)12-42(13-17(43)6)30-18-10-20(34)28(22-23(35)26(38)25(37)31(46)24(22)36)41-32(18)44(33(47)19(30)11-39)29-15(4)8-9-40-27(29)14(2)3/h3*7-10,14,16-17,46H,1,12-13H2,2-6H3/t3*16-,17+. The van der Waals surface area contributed by atoms with E-state index in [1.165, 1.54) is 50.1 Å². The Labute approximate surface area is 867 Å². The number of amides is 3. The van der Waals surface area contributed by atoms with Gasteiger partial charge in [0, 0.05) is 116 Å². The average Bonchev–Trinajstić information content (AvgIpc) is 0.725. The minimum absolute atomic E-state index is 0.0207. The van der Waals surface area contributed by atoms with Gasteiger partial charge in [-0.05, 0) is 151 Å². The number of nitrogens with zero attached hydrogens (tertiary/aromatic N) is 18. The van der Waals surface area contributed by atoms with E-state index in [0.717, 1.165) is 0 Å². The van der Waals surface area contributed by atoms with Gasteiger partial charge in [0.1, 0.15) is 66.9 Å². The van der Waals surface area contributed by atoms with Crippen LogP contribution in [0.25, 0.3) is 83.9 Å². The Balaban J connectivity index is 0.000000178. The monoisotopic (exact) mass is 2150 g/mol. The zero-order valence-electron chi connectivity index (χ0n) is 78.0. The number of phenols is 3. The topological polar surface area (TPSA) is 346 Å². The number of piperazine rings is 3. The van der Waals surface area contributed by atoms with Crippen LogP contribution in [0.4, 0.5) is 30.2 Å². The zero-order valence-corrected chi connectivity index (χ0v) is 87.1. The van der Waals surface area contributed by atoms with Crippen LogP contribution in [0.3, 0.4) is 0 Å². The van der Waals surface area contributed by atoms with E-state index in [4.69, 9.17) is 154 Å². The Morgan fingerprint density at radius 2 is 0.638 bits per heavy atom. The number of nitriles is 3. The molecule has 3 fully saturated rings. The maximum atomic E-state index is 15.7. The molecular formula is C99H87Cl12F3N18O9. The van der Waals surface area contributed by atoms with Gasteiger partial charge < -0.3 is 44.7 Å². The fraction of sp³-hybridized carbons (Fsp3) is 0.303. The van der Waals surface area contributed by atoms with Gasteiger partial charge in [0.05, 0.1) is 125 Å². The lowest BCUT2D eigenvalue weighted by Gasteiger charge is -2.45. The highest BCUT2D eigenvalue weighted by Crippen LogP contribution is 2.54. The molecule has 0 bridgehead atoms. The molecule has 3 aromatic carbocycles. The fourth-order valence-electron chi connectivity index (χ4n) is 18.7. The summed E-state index contributed by atoms with van der Waals surface area (Å²) < 4.78 is 50.3. The van der Waals surface area contributed by atoms with Crippen LogP contribution >= 0.6 is 139 Å². The van der Waals surface area contributed by atoms with Crippen molar-refractivity contribution in [2.75, 3.05) is 54.0 Å². The molecule has 0 spiro atoms. The molecule has 3 N–H and O–H groups in total. The minimum Gasteiger partial charge on any atom is -0.505 e. The van der Waals surface area contributed by atoms with Gasteiger partial charge in [-0.1, -0.05) is 200 Å².